The van der Waals surface area contributed by atoms with Gasteiger partial charge in [-0.3, -0.25) is 4.79 Å². The number of carbonyl (C=O) groups excluding carboxylic acids is 2. The molecule has 0 saturated carbocycles. The molecule has 132 valence electrons. The lowest BCUT2D eigenvalue weighted by Gasteiger charge is -2.14. The van der Waals surface area contributed by atoms with Gasteiger partial charge in [-0.2, -0.15) is 0 Å². The van der Waals surface area contributed by atoms with Gasteiger partial charge in [-0.1, -0.05) is 18.2 Å². The average molecular weight is 360 g/mol. The van der Waals surface area contributed by atoms with Gasteiger partial charge in [-0.15, -0.1) is 17.9 Å². The number of amides is 1. The first-order chi connectivity index (χ1) is 12.0. The topological polar surface area (TPSA) is 77.5 Å². The second-order valence-corrected chi connectivity index (χ2v) is 6.29. The van der Waals surface area contributed by atoms with Gasteiger partial charge in [0, 0.05) is 11.9 Å². The Bertz CT molecular complexity index is 757. The van der Waals surface area contributed by atoms with Gasteiger partial charge in [-0.25, -0.2) is 9.78 Å². The zero-order valence-electron chi connectivity index (χ0n) is 14.2. The summed E-state index contributed by atoms with van der Waals surface area (Å²) in [5, 5.41) is 5.43. The fourth-order valence-electron chi connectivity index (χ4n) is 1.98. The third-order valence-electron chi connectivity index (χ3n) is 3.22. The molecular formula is C18H20N2O4S. The largest absolute Gasteiger partial charge is 0.486 e. The van der Waals surface area contributed by atoms with E-state index >= 15 is 0 Å². The van der Waals surface area contributed by atoms with Crippen LogP contribution in [0.5, 0.6) is 5.75 Å². The van der Waals surface area contributed by atoms with Crippen LogP contribution in [0.1, 0.15) is 28.0 Å². The zero-order chi connectivity index (χ0) is 18.2. The predicted molar refractivity (Wildman–Crippen MR) is 95.7 cm³/mol. The van der Waals surface area contributed by atoms with E-state index in [0.717, 1.165) is 10.7 Å². The van der Waals surface area contributed by atoms with Crippen LogP contribution < -0.4 is 10.1 Å². The van der Waals surface area contributed by atoms with E-state index in [2.05, 4.69) is 16.9 Å². The molecule has 0 saturated heterocycles. The van der Waals surface area contributed by atoms with Gasteiger partial charge in [0.05, 0.1) is 10.7 Å². The maximum atomic E-state index is 12.4. The molecule has 0 bridgehead atoms. The number of aryl methyl sites for hydroxylation is 1. The van der Waals surface area contributed by atoms with Crippen LogP contribution in [0.15, 0.2) is 42.3 Å². The molecule has 7 heteroatoms. The van der Waals surface area contributed by atoms with E-state index in [-0.39, 0.29) is 18.1 Å². The van der Waals surface area contributed by atoms with Crippen LogP contribution in [0.2, 0.25) is 0 Å². The van der Waals surface area contributed by atoms with Gasteiger partial charge in [-0.05, 0) is 26.0 Å². The van der Waals surface area contributed by atoms with Crippen LogP contribution in [0, 0.1) is 6.92 Å². The van der Waals surface area contributed by atoms with Crippen LogP contribution >= 0.6 is 11.3 Å². The Balaban J connectivity index is 2.01. The Hall–Kier alpha value is -2.67. The van der Waals surface area contributed by atoms with Crippen LogP contribution in [0.4, 0.5) is 0 Å². The molecule has 0 spiro atoms. The molecule has 1 amide bonds. The first-order valence-electron chi connectivity index (χ1n) is 7.73. The molecule has 0 fully saturated rings. The number of rotatable bonds is 8. The zero-order valence-corrected chi connectivity index (χ0v) is 15.0. The van der Waals surface area contributed by atoms with E-state index in [1.807, 2.05) is 12.3 Å². The Kier molecular flexibility index (Phi) is 6.71. The molecular weight excluding hydrogens is 340 g/mol. The molecule has 25 heavy (non-hydrogen) atoms. The summed E-state index contributed by atoms with van der Waals surface area (Å²) in [6.07, 6.45) is 0.636. The number of carbonyl (C=O) groups is 2. The summed E-state index contributed by atoms with van der Waals surface area (Å²) in [5.41, 5.74) is 1.06. The number of hydrogen-bond donors (Lipinski definition) is 1. The molecule has 1 atom stereocenters. The first kappa shape index (κ1) is 18.7. The number of ether oxygens (including phenoxy) is 2. The fraction of sp³-hybridized carbons (Fsp3) is 0.278. The van der Waals surface area contributed by atoms with Gasteiger partial charge in [0.15, 0.2) is 6.10 Å². The minimum Gasteiger partial charge on any atom is -0.486 e. The Morgan fingerprint density at radius 2 is 2.16 bits per heavy atom. The number of aromatic nitrogens is 1. The van der Waals surface area contributed by atoms with E-state index in [9.17, 15) is 9.59 Å². The second-order valence-electron chi connectivity index (χ2n) is 5.22. The summed E-state index contributed by atoms with van der Waals surface area (Å²) in [6.45, 7) is 7.51. The van der Waals surface area contributed by atoms with Gasteiger partial charge >= 0.3 is 5.97 Å². The van der Waals surface area contributed by atoms with E-state index in [1.54, 1.807) is 30.3 Å². The van der Waals surface area contributed by atoms with Gasteiger partial charge in [0.2, 0.25) is 0 Å². The molecule has 0 unspecified atom stereocenters. The number of hydrogen-bond acceptors (Lipinski definition) is 6. The van der Waals surface area contributed by atoms with Crippen molar-refractivity contribution in [3.05, 3.63) is 58.6 Å². The summed E-state index contributed by atoms with van der Waals surface area (Å²) in [6, 6.07) is 6.74. The molecule has 0 aliphatic rings. The molecule has 1 aromatic carbocycles. The quantitative estimate of drug-likeness (QED) is 0.578. The highest BCUT2D eigenvalue weighted by atomic mass is 32.1. The Labute approximate surface area is 150 Å². The third kappa shape index (κ3) is 5.42. The number of thiazole rings is 1. The maximum absolute atomic E-state index is 12.4. The maximum Gasteiger partial charge on any atom is 0.342 e. The Morgan fingerprint density at radius 3 is 2.84 bits per heavy atom. The lowest BCUT2D eigenvalue weighted by atomic mass is 10.2. The average Bonchev–Trinajstić information content (AvgIpc) is 3.03. The molecule has 0 aliphatic heterocycles. The van der Waals surface area contributed by atoms with Gasteiger partial charge < -0.3 is 14.8 Å². The number of benzene rings is 1. The Morgan fingerprint density at radius 1 is 1.40 bits per heavy atom. The summed E-state index contributed by atoms with van der Waals surface area (Å²) in [4.78, 5) is 28.5. The summed E-state index contributed by atoms with van der Waals surface area (Å²) >= 11 is 1.53. The van der Waals surface area contributed by atoms with Crippen molar-refractivity contribution in [3.63, 3.8) is 0 Å². The number of para-hydroxylation sites is 1. The van der Waals surface area contributed by atoms with E-state index in [4.69, 9.17) is 9.47 Å². The molecule has 1 aromatic heterocycles. The minimum atomic E-state index is -0.915. The highest BCUT2D eigenvalue weighted by molar-refractivity contribution is 7.09. The third-order valence-corrected chi connectivity index (χ3v) is 4.05. The van der Waals surface area contributed by atoms with Crippen LogP contribution in [0.3, 0.4) is 0 Å². The van der Waals surface area contributed by atoms with Crippen molar-refractivity contribution in [1.29, 1.82) is 0 Å². The molecule has 1 N–H and O–H groups in total. The minimum absolute atomic E-state index is 0.254. The van der Waals surface area contributed by atoms with Gasteiger partial charge in [0.25, 0.3) is 5.91 Å². The van der Waals surface area contributed by atoms with Crippen molar-refractivity contribution in [2.24, 2.45) is 0 Å². The van der Waals surface area contributed by atoms with Gasteiger partial charge in [0.1, 0.15) is 17.9 Å². The van der Waals surface area contributed by atoms with Crippen molar-refractivity contribution in [2.75, 3.05) is 6.54 Å². The van der Waals surface area contributed by atoms with Crippen molar-refractivity contribution in [3.8, 4) is 5.75 Å². The molecule has 2 aromatic rings. The standard InChI is InChI=1S/C18H20N2O4S/c1-4-9-19-17(21)12(2)24-18(22)15-7-5-6-8-16(15)23-10-14-11-25-13(3)20-14/h4-8,11-12H,1,9-10H2,2-3H3,(H,19,21)/t12-/m0/s1. The highest BCUT2D eigenvalue weighted by Gasteiger charge is 2.21. The van der Waals surface area contributed by atoms with Crippen LogP contribution in [-0.4, -0.2) is 29.5 Å². The smallest absolute Gasteiger partial charge is 0.342 e. The number of esters is 1. The molecule has 6 nitrogen and oxygen atoms in total. The highest BCUT2D eigenvalue weighted by Crippen LogP contribution is 2.21. The van der Waals surface area contributed by atoms with E-state index in [1.165, 1.54) is 18.3 Å². The predicted octanol–water partition coefficient (Wildman–Crippen LogP) is 2.88. The van der Waals surface area contributed by atoms with Crippen molar-refractivity contribution >= 4 is 23.2 Å². The number of nitrogens with zero attached hydrogens (tertiary/aromatic N) is 1. The summed E-state index contributed by atoms with van der Waals surface area (Å²) in [5.74, 6) is -0.618. The van der Waals surface area contributed by atoms with Crippen LogP contribution in [0.25, 0.3) is 0 Å². The first-order valence-corrected chi connectivity index (χ1v) is 8.61. The molecule has 1 heterocycles. The normalized spacial score (nSPS) is 11.4. The number of nitrogens with one attached hydrogen (secondary N) is 1. The second kappa shape index (κ2) is 8.98. The SMILES string of the molecule is C=CCNC(=O)[C@H](C)OC(=O)c1ccccc1OCc1csc(C)n1. The van der Waals surface area contributed by atoms with Crippen molar-refractivity contribution in [1.82, 2.24) is 10.3 Å². The molecule has 0 aliphatic carbocycles. The summed E-state index contributed by atoms with van der Waals surface area (Å²) in [7, 11) is 0. The van der Waals surface area contributed by atoms with E-state index < -0.39 is 12.1 Å². The molecule has 0 radical (unpaired) electrons. The summed E-state index contributed by atoms with van der Waals surface area (Å²) < 4.78 is 10.9. The van der Waals surface area contributed by atoms with Crippen molar-refractivity contribution < 1.29 is 19.1 Å². The van der Waals surface area contributed by atoms with Crippen LogP contribution in [-0.2, 0) is 16.1 Å². The monoisotopic (exact) mass is 360 g/mol. The molecule has 2 rings (SSSR count). The van der Waals surface area contributed by atoms with E-state index in [0.29, 0.717) is 12.3 Å². The lowest BCUT2D eigenvalue weighted by Crippen LogP contribution is -2.35. The fourth-order valence-corrected chi connectivity index (χ4v) is 2.58. The van der Waals surface area contributed by atoms with Crippen molar-refractivity contribution in [2.45, 2.75) is 26.6 Å². The lowest BCUT2D eigenvalue weighted by molar-refractivity contribution is -0.128.